The van der Waals surface area contributed by atoms with Crippen LogP contribution in [0.15, 0.2) is 10.3 Å². The first-order valence-corrected chi connectivity index (χ1v) is 13.5. The minimum Gasteiger partial charge on any atom is -0.302 e. The van der Waals surface area contributed by atoms with E-state index in [-0.39, 0.29) is 18.9 Å². The van der Waals surface area contributed by atoms with E-state index in [0.717, 1.165) is 53.1 Å². The van der Waals surface area contributed by atoms with E-state index in [4.69, 9.17) is 0 Å². The van der Waals surface area contributed by atoms with Crippen molar-refractivity contribution in [1.29, 1.82) is 0 Å². The summed E-state index contributed by atoms with van der Waals surface area (Å²) in [6, 6.07) is 0. The number of nitrogens with zero attached hydrogens (tertiary/aromatic N) is 2. The molecule has 0 saturated carbocycles. The fourth-order valence-corrected chi connectivity index (χ4v) is 6.55. The molecule has 1 aliphatic rings. The van der Waals surface area contributed by atoms with Crippen LogP contribution in [0.3, 0.4) is 0 Å². The lowest BCUT2D eigenvalue weighted by molar-refractivity contribution is -0.116. The van der Waals surface area contributed by atoms with Gasteiger partial charge in [0.2, 0.25) is 15.9 Å². The van der Waals surface area contributed by atoms with Crippen LogP contribution in [0.1, 0.15) is 59.2 Å². The fourth-order valence-electron chi connectivity index (χ4n) is 4.21. The molecular weight excluding hydrogens is 444 g/mol. The number of sulfonamides is 1. The van der Waals surface area contributed by atoms with E-state index in [0.29, 0.717) is 10.0 Å². The van der Waals surface area contributed by atoms with Crippen molar-refractivity contribution in [3.8, 4) is 0 Å². The first-order valence-electron chi connectivity index (χ1n) is 11.1. The van der Waals surface area contributed by atoms with Gasteiger partial charge in [0.15, 0.2) is 5.13 Å². The molecule has 0 aliphatic carbocycles. The van der Waals surface area contributed by atoms with Gasteiger partial charge in [0.1, 0.15) is 0 Å². The number of rotatable bonds is 8. The maximum Gasteiger partial charge on any atom is 0.241 e. The maximum atomic E-state index is 13.0. The van der Waals surface area contributed by atoms with Gasteiger partial charge in [-0.05, 0) is 88.4 Å². The Morgan fingerprint density at radius 3 is 2.22 bits per heavy atom. The van der Waals surface area contributed by atoms with Gasteiger partial charge in [-0.3, -0.25) is 9.69 Å². The Morgan fingerprint density at radius 2 is 1.59 bits per heavy atom. The Hall–Kier alpha value is -1.81. The molecule has 2 N–H and O–H groups in total. The Morgan fingerprint density at radius 1 is 1.00 bits per heavy atom. The number of anilines is 1. The summed E-state index contributed by atoms with van der Waals surface area (Å²) in [6.45, 7) is 12.6. The van der Waals surface area contributed by atoms with Gasteiger partial charge in [-0.15, -0.1) is 11.3 Å². The molecule has 1 aromatic carbocycles. The summed E-state index contributed by atoms with van der Waals surface area (Å²) in [5.74, 6) is -0.253. The van der Waals surface area contributed by atoms with Crippen LogP contribution in [-0.2, 0) is 21.4 Å². The van der Waals surface area contributed by atoms with Gasteiger partial charge in [-0.1, -0.05) is 6.42 Å². The molecule has 0 spiro atoms. The molecular formula is C23H34N4O3S2. The number of carbonyl (C=O) groups is 1. The van der Waals surface area contributed by atoms with Crippen molar-refractivity contribution >= 4 is 32.4 Å². The highest BCUT2D eigenvalue weighted by Crippen LogP contribution is 2.29. The second kappa shape index (κ2) is 10.4. The summed E-state index contributed by atoms with van der Waals surface area (Å²) in [5, 5.41) is 5.32. The van der Waals surface area contributed by atoms with Crippen molar-refractivity contribution in [2.75, 3.05) is 25.0 Å². The maximum absolute atomic E-state index is 13.0. The molecule has 3 rings (SSSR count). The second-order valence-corrected chi connectivity index (χ2v) is 11.2. The summed E-state index contributed by atoms with van der Waals surface area (Å²) in [7, 11) is -3.71. The predicted molar refractivity (Wildman–Crippen MR) is 130 cm³/mol. The Kier molecular flexibility index (Phi) is 8.08. The van der Waals surface area contributed by atoms with Gasteiger partial charge in [0.25, 0.3) is 0 Å². The van der Waals surface area contributed by atoms with E-state index in [1.165, 1.54) is 30.6 Å². The Balaban J connectivity index is 1.55. The molecule has 0 atom stereocenters. The van der Waals surface area contributed by atoms with Gasteiger partial charge in [-0.2, -0.15) is 0 Å². The fraction of sp³-hybridized carbons (Fsp3) is 0.565. The Bertz CT molecular complexity index is 1060. The largest absolute Gasteiger partial charge is 0.302 e. The van der Waals surface area contributed by atoms with Crippen LogP contribution in [0.2, 0.25) is 0 Å². The zero-order valence-corrected chi connectivity index (χ0v) is 21.3. The molecule has 176 valence electrons. The van der Waals surface area contributed by atoms with Gasteiger partial charge in [-0.25, -0.2) is 18.1 Å². The van der Waals surface area contributed by atoms with Crippen LogP contribution in [0, 0.1) is 34.6 Å². The van der Waals surface area contributed by atoms with E-state index >= 15 is 0 Å². The number of aromatic nitrogens is 1. The van der Waals surface area contributed by atoms with E-state index in [1.807, 2.05) is 40.0 Å². The molecule has 9 heteroatoms. The third-order valence-electron chi connectivity index (χ3n) is 6.48. The standard InChI is InChI=1S/C23H34N4O3S2/c1-15-16(2)18(4)22(19(5)17(15)3)32(29,30)24-10-9-21(28)26-23-25-20(14-31-23)13-27-11-7-6-8-12-27/h14,24H,6-13H2,1-5H3,(H,25,26,28). The number of benzene rings is 1. The summed E-state index contributed by atoms with van der Waals surface area (Å²) >= 11 is 1.40. The summed E-state index contributed by atoms with van der Waals surface area (Å²) in [6.07, 6.45) is 3.79. The molecule has 0 radical (unpaired) electrons. The van der Waals surface area contributed by atoms with Crippen molar-refractivity contribution in [2.24, 2.45) is 0 Å². The molecule has 32 heavy (non-hydrogen) atoms. The number of hydrogen-bond donors (Lipinski definition) is 2. The van der Waals surface area contributed by atoms with Gasteiger partial charge in [0.05, 0.1) is 10.6 Å². The summed E-state index contributed by atoms with van der Waals surface area (Å²) < 4.78 is 28.5. The lowest BCUT2D eigenvalue weighted by Crippen LogP contribution is -2.29. The number of thiazole rings is 1. The summed E-state index contributed by atoms with van der Waals surface area (Å²) in [5.41, 5.74) is 5.55. The molecule has 1 fully saturated rings. The highest BCUT2D eigenvalue weighted by Gasteiger charge is 2.23. The minimum absolute atomic E-state index is 0.0328. The van der Waals surface area contributed by atoms with Crippen LogP contribution in [0.4, 0.5) is 5.13 Å². The number of hydrogen-bond acceptors (Lipinski definition) is 6. The molecule has 1 aromatic heterocycles. The Labute approximate surface area is 195 Å². The van der Waals surface area contributed by atoms with Crippen LogP contribution >= 0.6 is 11.3 Å². The predicted octanol–water partition coefficient (Wildman–Crippen LogP) is 3.98. The van der Waals surface area contributed by atoms with Crippen LogP contribution < -0.4 is 10.0 Å². The quantitative estimate of drug-likeness (QED) is 0.599. The van der Waals surface area contributed by atoms with Gasteiger partial charge < -0.3 is 5.32 Å². The average Bonchev–Trinajstić information content (AvgIpc) is 3.17. The van der Waals surface area contributed by atoms with Gasteiger partial charge in [0, 0.05) is 24.9 Å². The molecule has 2 heterocycles. The highest BCUT2D eigenvalue weighted by molar-refractivity contribution is 7.89. The van der Waals surface area contributed by atoms with E-state index in [1.54, 1.807) is 0 Å². The second-order valence-electron chi connectivity index (χ2n) is 8.63. The third kappa shape index (κ3) is 5.75. The van der Waals surface area contributed by atoms with Crippen molar-refractivity contribution in [1.82, 2.24) is 14.6 Å². The number of carbonyl (C=O) groups excluding carboxylic acids is 1. The lowest BCUT2D eigenvalue weighted by Gasteiger charge is -2.25. The average molecular weight is 479 g/mol. The van der Waals surface area contributed by atoms with Crippen LogP contribution in [0.25, 0.3) is 0 Å². The SMILES string of the molecule is Cc1c(C)c(C)c(S(=O)(=O)NCCC(=O)Nc2nc(CN3CCCCC3)cs2)c(C)c1C. The topological polar surface area (TPSA) is 91.4 Å². The molecule has 0 unspecified atom stereocenters. The molecule has 7 nitrogen and oxygen atoms in total. The molecule has 1 aliphatic heterocycles. The van der Waals surface area contributed by atoms with Crippen molar-refractivity contribution < 1.29 is 13.2 Å². The van der Waals surface area contributed by atoms with E-state index in [2.05, 4.69) is 19.9 Å². The normalized spacial score (nSPS) is 15.2. The van der Waals surface area contributed by atoms with Crippen LogP contribution in [-0.4, -0.2) is 43.8 Å². The van der Waals surface area contributed by atoms with Crippen molar-refractivity contribution in [3.63, 3.8) is 0 Å². The zero-order chi connectivity index (χ0) is 23.5. The van der Waals surface area contributed by atoms with E-state index < -0.39 is 10.0 Å². The van der Waals surface area contributed by atoms with Crippen LogP contribution in [0.5, 0.6) is 0 Å². The van der Waals surface area contributed by atoms with Crippen molar-refractivity contribution in [3.05, 3.63) is 38.9 Å². The number of amides is 1. The lowest BCUT2D eigenvalue weighted by atomic mass is 9.95. The number of piperidine rings is 1. The third-order valence-corrected chi connectivity index (χ3v) is 9.02. The first kappa shape index (κ1) is 24.8. The monoisotopic (exact) mass is 478 g/mol. The minimum atomic E-state index is -3.71. The van der Waals surface area contributed by atoms with Crippen molar-refractivity contribution in [2.45, 2.75) is 71.7 Å². The summed E-state index contributed by atoms with van der Waals surface area (Å²) in [4.78, 5) is 19.5. The molecule has 0 bridgehead atoms. The number of nitrogens with one attached hydrogen (secondary N) is 2. The van der Waals surface area contributed by atoms with Gasteiger partial charge >= 0.3 is 0 Å². The zero-order valence-electron chi connectivity index (χ0n) is 19.7. The highest BCUT2D eigenvalue weighted by atomic mass is 32.2. The van der Waals surface area contributed by atoms with E-state index in [9.17, 15) is 13.2 Å². The molecule has 1 saturated heterocycles. The molecule has 1 amide bonds. The number of likely N-dealkylation sites (tertiary alicyclic amines) is 1. The molecule has 2 aromatic rings. The smallest absolute Gasteiger partial charge is 0.241 e. The first-order chi connectivity index (χ1) is 15.1.